The Balaban J connectivity index is 1.84. The Morgan fingerprint density at radius 1 is 0.941 bits per heavy atom. The summed E-state index contributed by atoms with van der Waals surface area (Å²) in [5.41, 5.74) is 4.15. The van der Waals surface area contributed by atoms with E-state index < -0.39 is 6.04 Å². The molecule has 0 aliphatic rings. The van der Waals surface area contributed by atoms with E-state index in [1.54, 1.807) is 4.90 Å². The van der Waals surface area contributed by atoms with Gasteiger partial charge < -0.3 is 10.2 Å². The van der Waals surface area contributed by atoms with Crippen molar-refractivity contribution in [2.45, 2.75) is 38.6 Å². The Labute approximate surface area is 211 Å². The van der Waals surface area contributed by atoms with Crippen LogP contribution in [0.25, 0.3) is 0 Å². The lowest BCUT2D eigenvalue weighted by Gasteiger charge is -2.32. The van der Waals surface area contributed by atoms with Gasteiger partial charge in [0.15, 0.2) is 0 Å². The van der Waals surface area contributed by atoms with Crippen molar-refractivity contribution in [2.75, 3.05) is 12.3 Å². The molecule has 0 aliphatic heterocycles. The fraction of sp³-hybridized carbons (Fsp3) is 0.286. The summed E-state index contributed by atoms with van der Waals surface area (Å²) >= 11 is 7.80. The predicted molar refractivity (Wildman–Crippen MR) is 142 cm³/mol. The molecule has 0 saturated carbocycles. The van der Waals surface area contributed by atoms with Crippen LogP contribution in [0, 0.1) is 6.92 Å². The maximum absolute atomic E-state index is 13.6. The molecule has 0 unspecified atom stereocenters. The van der Waals surface area contributed by atoms with Crippen molar-refractivity contribution in [1.82, 2.24) is 10.2 Å². The van der Waals surface area contributed by atoms with Crippen molar-refractivity contribution in [3.05, 3.63) is 106 Å². The molecule has 178 valence electrons. The molecule has 0 aromatic heterocycles. The minimum absolute atomic E-state index is 0.0625. The molecule has 3 aromatic carbocycles. The van der Waals surface area contributed by atoms with Crippen molar-refractivity contribution in [2.24, 2.45) is 0 Å². The summed E-state index contributed by atoms with van der Waals surface area (Å²) in [6, 6.07) is 24.9. The Morgan fingerprint density at radius 2 is 1.59 bits per heavy atom. The fourth-order valence-electron chi connectivity index (χ4n) is 3.76. The molecule has 0 spiro atoms. The van der Waals surface area contributed by atoms with Gasteiger partial charge in [-0.1, -0.05) is 84.4 Å². The molecule has 0 saturated heterocycles. The van der Waals surface area contributed by atoms with Gasteiger partial charge in [-0.05, 0) is 42.2 Å². The number of nitrogens with zero attached hydrogens (tertiary/aromatic N) is 1. The largest absolute Gasteiger partial charge is 0.355 e. The van der Waals surface area contributed by atoms with Gasteiger partial charge in [-0.2, -0.15) is 0 Å². The lowest BCUT2D eigenvalue weighted by Crippen LogP contribution is -2.51. The van der Waals surface area contributed by atoms with Gasteiger partial charge in [0.1, 0.15) is 6.04 Å². The number of hydrogen-bond donors (Lipinski definition) is 1. The van der Waals surface area contributed by atoms with Crippen LogP contribution in [-0.2, 0) is 28.3 Å². The summed E-state index contributed by atoms with van der Waals surface area (Å²) in [6.07, 6.45) is 0.458. The van der Waals surface area contributed by atoms with Gasteiger partial charge in [0, 0.05) is 30.3 Å². The van der Waals surface area contributed by atoms with E-state index >= 15 is 0 Å². The van der Waals surface area contributed by atoms with Crippen LogP contribution >= 0.6 is 23.4 Å². The summed E-state index contributed by atoms with van der Waals surface area (Å²) in [7, 11) is 0. The Kier molecular flexibility index (Phi) is 10.0. The van der Waals surface area contributed by atoms with Gasteiger partial charge in [-0.25, -0.2) is 0 Å². The van der Waals surface area contributed by atoms with E-state index in [2.05, 4.69) is 5.32 Å². The van der Waals surface area contributed by atoms with Gasteiger partial charge in [-0.3, -0.25) is 9.59 Å². The number of carbonyl (C=O) groups is 2. The highest BCUT2D eigenvalue weighted by molar-refractivity contribution is 7.99. The molecule has 3 rings (SSSR count). The first-order valence-electron chi connectivity index (χ1n) is 11.5. The van der Waals surface area contributed by atoms with Crippen LogP contribution in [0.2, 0.25) is 5.02 Å². The summed E-state index contributed by atoms with van der Waals surface area (Å²) in [5, 5.41) is 3.63. The number of amides is 2. The van der Waals surface area contributed by atoms with Crippen molar-refractivity contribution in [1.29, 1.82) is 0 Å². The zero-order valence-corrected chi connectivity index (χ0v) is 21.2. The average molecular weight is 495 g/mol. The molecular weight excluding hydrogens is 464 g/mol. The van der Waals surface area contributed by atoms with E-state index in [9.17, 15) is 9.59 Å². The number of thioether (sulfide) groups is 1. The quantitative estimate of drug-likeness (QED) is 0.374. The molecule has 1 atom stereocenters. The van der Waals surface area contributed by atoms with Crippen LogP contribution in [0.5, 0.6) is 0 Å². The monoisotopic (exact) mass is 494 g/mol. The number of likely N-dealkylation sites (N-methyl/N-ethyl adjacent to an activating group) is 1. The average Bonchev–Trinajstić information content (AvgIpc) is 2.84. The van der Waals surface area contributed by atoms with Crippen LogP contribution in [0.1, 0.15) is 29.2 Å². The highest BCUT2D eigenvalue weighted by atomic mass is 35.5. The summed E-state index contributed by atoms with van der Waals surface area (Å²) < 4.78 is 0. The summed E-state index contributed by atoms with van der Waals surface area (Å²) in [4.78, 5) is 28.5. The third-order valence-corrected chi connectivity index (χ3v) is 7.00. The first-order chi connectivity index (χ1) is 16.5. The Hall–Kier alpha value is -2.76. The number of nitrogens with one attached hydrogen (secondary N) is 1. The molecule has 6 heteroatoms. The van der Waals surface area contributed by atoms with Gasteiger partial charge in [0.05, 0.1) is 5.75 Å². The van der Waals surface area contributed by atoms with Crippen LogP contribution < -0.4 is 5.32 Å². The lowest BCUT2D eigenvalue weighted by molar-refractivity contribution is -0.139. The first-order valence-corrected chi connectivity index (χ1v) is 13.0. The van der Waals surface area contributed by atoms with Crippen LogP contribution in [-0.4, -0.2) is 35.1 Å². The smallest absolute Gasteiger partial charge is 0.243 e. The van der Waals surface area contributed by atoms with Gasteiger partial charge in [0.2, 0.25) is 11.8 Å². The zero-order chi connectivity index (χ0) is 24.3. The van der Waals surface area contributed by atoms with Crippen LogP contribution in [0.15, 0.2) is 78.9 Å². The maximum Gasteiger partial charge on any atom is 0.243 e. The molecule has 0 aliphatic carbocycles. The third kappa shape index (κ3) is 7.37. The Bertz CT molecular complexity index is 1090. The molecule has 0 bridgehead atoms. The molecule has 0 fully saturated rings. The van der Waals surface area contributed by atoms with E-state index in [1.165, 1.54) is 11.8 Å². The molecule has 2 amide bonds. The number of halogens is 1. The van der Waals surface area contributed by atoms with Crippen LogP contribution in [0.4, 0.5) is 0 Å². The number of hydrogen-bond acceptors (Lipinski definition) is 3. The first kappa shape index (κ1) is 25.9. The van der Waals surface area contributed by atoms with Gasteiger partial charge in [0.25, 0.3) is 0 Å². The SMILES string of the molecule is CCNC(=O)[C@@H](Cc1ccccc1)N(Cc1ccccc1C)C(=O)CSCc1ccccc1Cl. The number of rotatable bonds is 11. The van der Waals surface area contributed by atoms with E-state index in [1.807, 2.05) is 92.7 Å². The third-order valence-electron chi connectivity index (χ3n) is 5.66. The molecule has 3 aromatic rings. The normalized spacial score (nSPS) is 11.6. The summed E-state index contributed by atoms with van der Waals surface area (Å²) in [6.45, 7) is 4.82. The highest BCUT2D eigenvalue weighted by Gasteiger charge is 2.30. The number of carbonyl (C=O) groups excluding carboxylic acids is 2. The zero-order valence-electron chi connectivity index (χ0n) is 19.7. The maximum atomic E-state index is 13.6. The molecule has 0 radical (unpaired) electrons. The number of benzene rings is 3. The summed E-state index contributed by atoms with van der Waals surface area (Å²) in [5.74, 6) is 0.701. The van der Waals surface area contributed by atoms with E-state index in [4.69, 9.17) is 11.6 Å². The van der Waals surface area contributed by atoms with E-state index in [0.29, 0.717) is 30.3 Å². The second-order valence-corrected chi connectivity index (χ2v) is 9.53. The minimum Gasteiger partial charge on any atom is -0.355 e. The minimum atomic E-state index is -0.602. The van der Waals surface area contributed by atoms with Crippen LogP contribution in [0.3, 0.4) is 0 Å². The molecule has 1 N–H and O–H groups in total. The number of aryl methyl sites for hydroxylation is 1. The topological polar surface area (TPSA) is 49.4 Å². The van der Waals surface area contributed by atoms with Gasteiger partial charge in [-0.15, -0.1) is 11.8 Å². The second kappa shape index (κ2) is 13.2. The van der Waals surface area contributed by atoms with E-state index in [-0.39, 0.29) is 17.6 Å². The molecule has 0 heterocycles. The highest BCUT2D eigenvalue weighted by Crippen LogP contribution is 2.23. The molecule has 34 heavy (non-hydrogen) atoms. The Morgan fingerprint density at radius 3 is 2.26 bits per heavy atom. The van der Waals surface area contributed by atoms with Crippen molar-refractivity contribution >= 4 is 35.2 Å². The van der Waals surface area contributed by atoms with Crippen molar-refractivity contribution < 1.29 is 9.59 Å². The lowest BCUT2D eigenvalue weighted by atomic mass is 10.0. The van der Waals surface area contributed by atoms with Gasteiger partial charge >= 0.3 is 0 Å². The fourth-order valence-corrected chi connectivity index (χ4v) is 4.96. The van der Waals surface area contributed by atoms with Crippen molar-refractivity contribution in [3.63, 3.8) is 0 Å². The predicted octanol–water partition coefficient (Wildman–Crippen LogP) is 5.66. The molecule has 4 nitrogen and oxygen atoms in total. The van der Waals surface area contributed by atoms with E-state index in [0.717, 1.165) is 22.3 Å². The standard InChI is InChI=1S/C28H31ClN2O2S/c1-3-30-28(33)26(17-22-12-5-4-6-13-22)31(18-23-14-8-7-11-21(23)2)27(32)20-34-19-24-15-9-10-16-25(24)29/h4-16,26H,3,17-20H2,1-2H3,(H,30,33)/t26-/m1/s1. The second-order valence-electron chi connectivity index (χ2n) is 8.13. The molecular formula is C28H31ClN2O2S. The van der Waals surface area contributed by atoms with Crippen molar-refractivity contribution in [3.8, 4) is 0 Å².